The SMILES string of the molecule is Cc1ccc(CO[C@@H](COC[C@H](NC(=O)OC(C)(C)C)C(=O)O)[C@H](OCC(C)C)[C@H](C)O)cc1. The van der Waals surface area contributed by atoms with Gasteiger partial charge in [-0.15, -0.1) is 0 Å². The van der Waals surface area contributed by atoms with Crippen molar-refractivity contribution in [3.05, 3.63) is 35.4 Å². The molecule has 194 valence electrons. The molecule has 4 atom stereocenters. The molecule has 3 N–H and O–H groups in total. The molecule has 0 aliphatic rings. The van der Waals surface area contributed by atoms with E-state index >= 15 is 0 Å². The van der Waals surface area contributed by atoms with Crippen LogP contribution >= 0.6 is 0 Å². The van der Waals surface area contributed by atoms with E-state index in [-0.39, 0.29) is 25.7 Å². The Hall–Kier alpha value is -2.20. The monoisotopic (exact) mass is 483 g/mol. The van der Waals surface area contributed by atoms with Crippen molar-refractivity contribution in [1.82, 2.24) is 5.32 Å². The Labute approximate surface area is 202 Å². The lowest BCUT2D eigenvalue weighted by molar-refractivity contribution is -0.152. The average Bonchev–Trinajstić information content (AvgIpc) is 2.70. The topological polar surface area (TPSA) is 124 Å². The molecule has 9 heteroatoms. The summed E-state index contributed by atoms with van der Waals surface area (Å²) < 4.78 is 22.7. The number of alkyl carbamates (subject to hydrolysis) is 1. The van der Waals surface area contributed by atoms with Crippen molar-refractivity contribution in [1.29, 1.82) is 0 Å². The zero-order chi connectivity index (χ0) is 25.9. The summed E-state index contributed by atoms with van der Waals surface area (Å²) in [5.41, 5.74) is 1.31. The van der Waals surface area contributed by atoms with E-state index < -0.39 is 42.0 Å². The number of benzene rings is 1. The molecule has 0 bridgehead atoms. The third-order valence-corrected chi connectivity index (χ3v) is 4.60. The van der Waals surface area contributed by atoms with Gasteiger partial charge in [0.2, 0.25) is 0 Å². The quantitative estimate of drug-likeness (QED) is 0.368. The molecule has 0 spiro atoms. The number of aliphatic carboxylic acids is 1. The first-order valence-electron chi connectivity index (χ1n) is 11.6. The van der Waals surface area contributed by atoms with E-state index in [1.54, 1.807) is 27.7 Å². The number of rotatable bonds is 14. The molecular formula is C25H41NO8. The first-order valence-corrected chi connectivity index (χ1v) is 11.6. The lowest BCUT2D eigenvalue weighted by Gasteiger charge is -2.30. The highest BCUT2D eigenvalue weighted by Crippen LogP contribution is 2.15. The third kappa shape index (κ3) is 12.3. The molecule has 0 radical (unpaired) electrons. The maximum absolute atomic E-state index is 12.0. The number of carbonyl (C=O) groups excluding carboxylic acids is 1. The van der Waals surface area contributed by atoms with Crippen LogP contribution < -0.4 is 5.32 Å². The second-order valence-corrected chi connectivity index (χ2v) is 9.84. The molecule has 9 nitrogen and oxygen atoms in total. The molecular weight excluding hydrogens is 442 g/mol. The van der Waals surface area contributed by atoms with Gasteiger partial charge in [0.05, 0.1) is 25.9 Å². The molecule has 0 fully saturated rings. The van der Waals surface area contributed by atoms with Crippen LogP contribution in [0.2, 0.25) is 0 Å². The molecule has 0 aromatic heterocycles. The summed E-state index contributed by atoms with van der Waals surface area (Å²) in [6, 6.07) is 6.54. The highest BCUT2D eigenvalue weighted by Gasteiger charge is 2.30. The van der Waals surface area contributed by atoms with Crippen molar-refractivity contribution in [2.75, 3.05) is 19.8 Å². The Morgan fingerprint density at radius 2 is 1.62 bits per heavy atom. The predicted molar refractivity (Wildman–Crippen MR) is 128 cm³/mol. The van der Waals surface area contributed by atoms with Gasteiger partial charge in [-0.25, -0.2) is 9.59 Å². The molecule has 1 rings (SSSR count). The van der Waals surface area contributed by atoms with Gasteiger partial charge in [-0.05, 0) is 46.1 Å². The first-order chi connectivity index (χ1) is 15.8. The zero-order valence-electron chi connectivity index (χ0n) is 21.4. The molecule has 0 aliphatic heterocycles. The van der Waals surface area contributed by atoms with Crippen molar-refractivity contribution in [3.63, 3.8) is 0 Å². The van der Waals surface area contributed by atoms with Crippen LogP contribution in [0.3, 0.4) is 0 Å². The third-order valence-electron chi connectivity index (χ3n) is 4.60. The van der Waals surface area contributed by atoms with Gasteiger partial charge in [-0.2, -0.15) is 0 Å². The van der Waals surface area contributed by atoms with Crippen LogP contribution in [-0.2, 0) is 30.3 Å². The summed E-state index contributed by atoms with van der Waals surface area (Å²) in [5, 5.41) is 22.1. The molecule has 1 amide bonds. The number of carboxylic acids is 1. The number of ether oxygens (including phenoxy) is 4. The summed E-state index contributed by atoms with van der Waals surface area (Å²) in [4.78, 5) is 23.6. The van der Waals surface area contributed by atoms with E-state index in [0.29, 0.717) is 6.61 Å². The van der Waals surface area contributed by atoms with Crippen LogP contribution in [0, 0.1) is 12.8 Å². The van der Waals surface area contributed by atoms with Crippen LogP contribution in [0.4, 0.5) is 4.79 Å². The van der Waals surface area contributed by atoms with E-state index in [1.807, 2.05) is 45.0 Å². The second kappa shape index (κ2) is 14.3. The number of nitrogens with one attached hydrogen (secondary N) is 1. The van der Waals surface area contributed by atoms with Crippen LogP contribution in [-0.4, -0.2) is 72.1 Å². The normalized spacial score (nSPS) is 15.4. The van der Waals surface area contributed by atoms with Gasteiger partial charge < -0.3 is 34.5 Å². The van der Waals surface area contributed by atoms with Crippen molar-refractivity contribution >= 4 is 12.1 Å². The summed E-state index contributed by atoms with van der Waals surface area (Å²) >= 11 is 0. The Kier molecular flexibility index (Phi) is 12.5. The van der Waals surface area contributed by atoms with E-state index in [4.69, 9.17) is 18.9 Å². The van der Waals surface area contributed by atoms with Crippen molar-refractivity contribution < 1.29 is 38.7 Å². The lowest BCUT2D eigenvalue weighted by Crippen LogP contribution is -2.47. The van der Waals surface area contributed by atoms with Gasteiger partial charge in [0.25, 0.3) is 0 Å². The molecule has 0 saturated heterocycles. The summed E-state index contributed by atoms with van der Waals surface area (Å²) in [6.45, 7) is 13.0. The van der Waals surface area contributed by atoms with Gasteiger partial charge in [0, 0.05) is 6.61 Å². The number of amides is 1. The Bertz CT molecular complexity index is 742. The standard InChI is InChI=1S/C25H41NO8/c1-16(2)12-33-22(18(4)27)21(32-13-19-10-8-17(3)9-11-19)15-31-14-20(23(28)29)26-24(30)34-25(5,6)7/h8-11,16,18,20-22,27H,12-15H2,1-7H3,(H,26,30)(H,28,29)/t18-,20-,21-,22+/m0/s1. The molecule has 0 saturated carbocycles. The predicted octanol–water partition coefficient (Wildman–Crippen LogP) is 3.30. The number of hydrogen-bond acceptors (Lipinski definition) is 7. The molecule has 0 heterocycles. The van der Waals surface area contributed by atoms with Gasteiger partial charge in [-0.1, -0.05) is 43.7 Å². The van der Waals surface area contributed by atoms with Gasteiger partial charge in [0.15, 0.2) is 6.04 Å². The smallest absolute Gasteiger partial charge is 0.408 e. The second-order valence-electron chi connectivity index (χ2n) is 9.84. The van der Waals surface area contributed by atoms with E-state index in [1.165, 1.54) is 0 Å². The molecule has 0 unspecified atom stereocenters. The highest BCUT2D eigenvalue weighted by molar-refractivity contribution is 5.80. The van der Waals surface area contributed by atoms with Gasteiger partial charge >= 0.3 is 12.1 Å². The van der Waals surface area contributed by atoms with E-state index in [2.05, 4.69) is 5.32 Å². The molecule has 34 heavy (non-hydrogen) atoms. The number of carboxylic acid groups (broad SMARTS) is 1. The summed E-state index contributed by atoms with van der Waals surface area (Å²) in [5.74, 6) is -1.01. The van der Waals surface area contributed by atoms with Gasteiger partial charge in [-0.3, -0.25) is 0 Å². The summed E-state index contributed by atoms with van der Waals surface area (Å²) in [6.07, 6.45) is -3.05. The Morgan fingerprint density at radius 3 is 2.12 bits per heavy atom. The number of aliphatic hydroxyl groups is 1. The Balaban J connectivity index is 2.83. The van der Waals surface area contributed by atoms with Crippen molar-refractivity contribution in [3.8, 4) is 0 Å². The Morgan fingerprint density at radius 1 is 1.00 bits per heavy atom. The fourth-order valence-corrected chi connectivity index (χ4v) is 2.91. The number of aryl methyl sites for hydroxylation is 1. The van der Waals surface area contributed by atoms with Crippen LogP contribution in [0.25, 0.3) is 0 Å². The van der Waals surface area contributed by atoms with Crippen molar-refractivity contribution in [2.24, 2.45) is 5.92 Å². The number of carbonyl (C=O) groups is 2. The fourth-order valence-electron chi connectivity index (χ4n) is 2.91. The van der Waals surface area contributed by atoms with Crippen LogP contribution in [0.15, 0.2) is 24.3 Å². The molecule has 1 aromatic carbocycles. The van der Waals surface area contributed by atoms with Gasteiger partial charge in [0.1, 0.15) is 17.8 Å². The minimum absolute atomic E-state index is 0.0424. The van der Waals surface area contributed by atoms with E-state index in [9.17, 15) is 19.8 Å². The fraction of sp³-hybridized carbons (Fsp3) is 0.680. The number of hydrogen-bond donors (Lipinski definition) is 3. The van der Waals surface area contributed by atoms with Crippen LogP contribution in [0.1, 0.15) is 52.7 Å². The van der Waals surface area contributed by atoms with Crippen molar-refractivity contribution in [2.45, 2.75) is 85.0 Å². The number of aliphatic hydroxyl groups excluding tert-OH is 1. The van der Waals surface area contributed by atoms with Crippen LogP contribution in [0.5, 0.6) is 0 Å². The maximum Gasteiger partial charge on any atom is 0.408 e. The molecule has 0 aliphatic carbocycles. The zero-order valence-corrected chi connectivity index (χ0v) is 21.4. The lowest BCUT2D eigenvalue weighted by atomic mass is 10.1. The summed E-state index contributed by atoms with van der Waals surface area (Å²) in [7, 11) is 0. The minimum Gasteiger partial charge on any atom is -0.480 e. The minimum atomic E-state index is -1.31. The first kappa shape index (κ1) is 29.8. The highest BCUT2D eigenvalue weighted by atomic mass is 16.6. The van der Waals surface area contributed by atoms with E-state index in [0.717, 1.165) is 11.1 Å². The molecule has 1 aromatic rings. The average molecular weight is 484 g/mol. The maximum atomic E-state index is 12.0. The largest absolute Gasteiger partial charge is 0.480 e.